The minimum Gasteiger partial charge on any atom is -0.394 e. The van der Waals surface area contributed by atoms with E-state index < -0.39 is 10.5 Å². The molecule has 1 heterocycles. The van der Waals surface area contributed by atoms with Gasteiger partial charge in [0.1, 0.15) is 5.69 Å². The number of nitro groups is 1. The van der Waals surface area contributed by atoms with Crippen molar-refractivity contribution in [2.75, 3.05) is 17.7 Å². The van der Waals surface area contributed by atoms with E-state index in [1.165, 1.54) is 6.92 Å². The topological polar surface area (TPSA) is 127 Å². The van der Waals surface area contributed by atoms with E-state index >= 15 is 0 Å². The van der Waals surface area contributed by atoms with E-state index in [1.54, 1.807) is 0 Å². The Bertz CT molecular complexity index is 541. The second kappa shape index (κ2) is 5.80. The summed E-state index contributed by atoms with van der Waals surface area (Å²) in [6.45, 7) is 3.59. The summed E-state index contributed by atoms with van der Waals surface area (Å²) in [5.41, 5.74) is 5.04. The summed E-state index contributed by atoms with van der Waals surface area (Å²) in [4.78, 5) is 18.5. The number of aliphatic hydroxyl groups is 1. The van der Waals surface area contributed by atoms with Crippen molar-refractivity contribution in [2.45, 2.75) is 45.1 Å². The Kier molecular flexibility index (Phi) is 4.26. The largest absolute Gasteiger partial charge is 0.394 e. The SMILES string of the molecule is Cc1nc(N)nc(NC2(CO)CCC(C)CC2)c1[N+](=O)[O-]. The van der Waals surface area contributed by atoms with Gasteiger partial charge in [-0.15, -0.1) is 0 Å². The molecule has 116 valence electrons. The fraction of sp³-hybridized carbons (Fsp3) is 0.692. The second-order valence-corrected chi connectivity index (χ2v) is 5.87. The van der Waals surface area contributed by atoms with Crippen LogP contribution in [0, 0.1) is 23.0 Å². The number of nitrogens with two attached hydrogens (primary N) is 1. The van der Waals surface area contributed by atoms with Crippen LogP contribution in [0.1, 0.15) is 38.3 Å². The molecule has 21 heavy (non-hydrogen) atoms. The number of nitrogen functional groups attached to an aromatic ring is 1. The third kappa shape index (κ3) is 3.21. The van der Waals surface area contributed by atoms with Crippen molar-refractivity contribution in [2.24, 2.45) is 5.92 Å². The average Bonchev–Trinajstić information content (AvgIpc) is 2.40. The number of hydrogen-bond acceptors (Lipinski definition) is 7. The highest BCUT2D eigenvalue weighted by molar-refractivity contribution is 5.61. The maximum Gasteiger partial charge on any atom is 0.332 e. The average molecular weight is 295 g/mol. The van der Waals surface area contributed by atoms with Gasteiger partial charge in [0.15, 0.2) is 0 Å². The van der Waals surface area contributed by atoms with Crippen molar-refractivity contribution >= 4 is 17.5 Å². The summed E-state index contributed by atoms with van der Waals surface area (Å²) in [5, 5.41) is 24.0. The van der Waals surface area contributed by atoms with Gasteiger partial charge in [0.25, 0.3) is 0 Å². The molecular weight excluding hydrogens is 274 g/mol. The zero-order chi connectivity index (χ0) is 15.6. The molecule has 2 rings (SSSR count). The number of rotatable bonds is 4. The molecule has 0 unspecified atom stereocenters. The lowest BCUT2D eigenvalue weighted by molar-refractivity contribution is -0.385. The molecule has 8 heteroatoms. The summed E-state index contributed by atoms with van der Waals surface area (Å²) >= 11 is 0. The van der Waals surface area contributed by atoms with Gasteiger partial charge in [-0.3, -0.25) is 10.1 Å². The highest BCUT2D eigenvalue weighted by Gasteiger charge is 2.36. The zero-order valence-electron chi connectivity index (χ0n) is 12.3. The summed E-state index contributed by atoms with van der Waals surface area (Å²) in [5.74, 6) is 0.671. The van der Waals surface area contributed by atoms with Crippen LogP contribution in [0.5, 0.6) is 0 Å². The van der Waals surface area contributed by atoms with Crippen molar-refractivity contribution < 1.29 is 10.0 Å². The summed E-state index contributed by atoms with van der Waals surface area (Å²) in [6.07, 6.45) is 3.40. The number of aryl methyl sites for hydroxylation is 1. The first-order valence-corrected chi connectivity index (χ1v) is 7.04. The molecule has 0 bridgehead atoms. The van der Waals surface area contributed by atoms with Crippen LogP contribution in [0.15, 0.2) is 0 Å². The molecule has 8 nitrogen and oxygen atoms in total. The first kappa shape index (κ1) is 15.4. The number of aromatic nitrogens is 2. The predicted octanol–water partition coefficient (Wildman–Crippen LogP) is 1.63. The lowest BCUT2D eigenvalue weighted by Gasteiger charge is -2.39. The highest BCUT2D eigenvalue weighted by Crippen LogP contribution is 2.36. The lowest BCUT2D eigenvalue weighted by Crippen LogP contribution is -2.45. The first-order valence-electron chi connectivity index (χ1n) is 7.04. The van der Waals surface area contributed by atoms with Crippen molar-refractivity contribution in [3.8, 4) is 0 Å². The van der Waals surface area contributed by atoms with E-state index in [4.69, 9.17) is 5.73 Å². The van der Waals surface area contributed by atoms with E-state index in [2.05, 4.69) is 22.2 Å². The molecule has 0 spiro atoms. The van der Waals surface area contributed by atoms with Gasteiger partial charge in [-0.05, 0) is 38.5 Å². The van der Waals surface area contributed by atoms with E-state index in [9.17, 15) is 15.2 Å². The Balaban J connectivity index is 2.35. The summed E-state index contributed by atoms with van der Waals surface area (Å²) < 4.78 is 0. The van der Waals surface area contributed by atoms with Gasteiger partial charge < -0.3 is 16.2 Å². The second-order valence-electron chi connectivity index (χ2n) is 5.87. The van der Waals surface area contributed by atoms with Crippen LogP contribution in [0.3, 0.4) is 0 Å². The van der Waals surface area contributed by atoms with Gasteiger partial charge in [0.05, 0.1) is 17.1 Å². The quantitative estimate of drug-likeness (QED) is 0.569. The van der Waals surface area contributed by atoms with Crippen LogP contribution in [0.4, 0.5) is 17.5 Å². The molecule has 0 atom stereocenters. The minimum absolute atomic E-state index is 0.0159. The van der Waals surface area contributed by atoms with Crippen molar-refractivity contribution in [3.05, 3.63) is 15.8 Å². The predicted molar refractivity (Wildman–Crippen MR) is 78.9 cm³/mol. The fourth-order valence-corrected chi connectivity index (χ4v) is 2.78. The van der Waals surface area contributed by atoms with Crippen molar-refractivity contribution in [1.82, 2.24) is 9.97 Å². The molecule has 0 radical (unpaired) electrons. The fourth-order valence-electron chi connectivity index (χ4n) is 2.78. The smallest absolute Gasteiger partial charge is 0.332 e. The number of aliphatic hydroxyl groups excluding tert-OH is 1. The van der Waals surface area contributed by atoms with Gasteiger partial charge in [0, 0.05) is 0 Å². The highest BCUT2D eigenvalue weighted by atomic mass is 16.6. The number of nitrogens with zero attached hydrogens (tertiary/aromatic N) is 3. The van der Waals surface area contributed by atoms with E-state index in [-0.39, 0.29) is 29.8 Å². The van der Waals surface area contributed by atoms with Crippen LogP contribution in [-0.2, 0) is 0 Å². The maximum absolute atomic E-state index is 11.2. The van der Waals surface area contributed by atoms with Gasteiger partial charge in [-0.25, -0.2) is 4.98 Å². The molecule has 0 aromatic carbocycles. The third-order valence-corrected chi connectivity index (χ3v) is 4.18. The normalized spacial score (nSPS) is 25.6. The Labute approximate surface area is 122 Å². The monoisotopic (exact) mass is 295 g/mol. The Morgan fingerprint density at radius 3 is 2.62 bits per heavy atom. The number of nitrogens with one attached hydrogen (secondary N) is 1. The maximum atomic E-state index is 11.2. The van der Waals surface area contributed by atoms with Crippen molar-refractivity contribution in [1.29, 1.82) is 0 Å². The Morgan fingerprint density at radius 2 is 2.10 bits per heavy atom. The van der Waals surface area contributed by atoms with Crippen LogP contribution < -0.4 is 11.1 Å². The molecule has 0 aliphatic heterocycles. The third-order valence-electron chi connectivity index (χ3n) is 4.18. The molecule has 1 aromatic heterocycles. The van der Waals surface area contributed by atoms with Gasteiger partial charge in [0.2, 0.25) is 11.8 Å². The van der Waals surface area contributed by atoms with E-state index in [0.717, 1.165) is 25.7 Å². The minimum atomic E-state index is -0.579. The molecule has 1 aliphatic rings. The molecule has 1 aromatic rings. The van der Waals surface area contributed by atoms with Crippen LogP contribution in [-0.4, -0.2) is 32.1 Å². The van der Waals surface area contributed by atoms with Gasteiger partial charge in [-0.1, -0.05) is 6.92 Å². The molecule has 1 fully saturated rings. The Hall–Kier alpha value is -1.96. The Morgan fingerprint density at radius 1 is 1.48 bits per heavy atom. The standard InChI is InChI=1S/C13H21N5O3/c1-8-3-5-13(7-19,6-4-8)17-11-10(18(20)21)9(2)15-12(14)16-11/h8,19H,3-7H2,1-2H3,(H3,14,15,16,17). The van der Waals surface area contributed by atoms with Crippen LogP contribution >= 0.6 is 0 Å². The van der Waals surface area contributed by atoms with Crippen molar-refractivity contribution in [3.63, 3.8) is 0 Å². The summed E-state index contributed by atoms with van der Waals surface area (Å²) in [7, 11) is 0. The summed E-state index contributed by atoms with van der Waals surface area (Å²) in [6, 6.07) is 0. The number of anilines is 2. The first-order chi connectivity index (χ1) is 9.87. The molecular formula is C13H21N5O3. The van der Waals surface area contributed by atoms with Gasteiger partial charge >= 0.3 is 5.69 Å². The molecule has 0 amide bonds. The molecule has 4 N–H and O–H groups in total. The van der Waals surface area contributed by atoms with Crippen LogP contribution in [0.25, 0.3) is 0 Å². The zero-order valence-corrected chi connectivity index (χ0v) is 12.3. The van der Waals surface area contributed by atoms with Gasteiger partial charge in [-0.2, -0.15) is 4.98 Å². The molecule has 1 aliphatic carbocycles. The number of hydrogen-bond donors (Lipinski definition) is 3. The lowest BCUT2D eigenvalue weighted by atomic mass is 9.77. The van der Waals surface area contributed by atoms with E-state index in [0.29, 0.717) is 5.92 Å². The van der Waals surface area contributed by atoms with Crippen LogP contribution in [0.2, 0.25) is 0 Å². The van der Waals surface area contributed by atoms with E-state index in [1.807, 2.05) is 0 Å². The molecule has 0 saturated heterocycles. The molecule has 1 saturated carbocycles.